The fourth-order valence-corrected chi connectivity index (χ4v) is 1.07. The predicted molar refractivity (Wildman–Crippen MR) is 55.0 cm³/mol. The van der Waals surface area contributed by atoms with Crippen molar-refractivity contribution in [2.45, 2.75) is 6.42 Å². The highest BCUT2D eigenvalue weighted by Gasteiger charge is 1.97. The Morgan fingerprint density at radius 3 is 2.71 bits per heavy atom. The summed E-state index contributed by atoms with van der Waals surface area (Å²) in [5.41, 5.74) is 1.23. The molecule has 0 aliphatic heterocycles. The van der Waals surface area contributed by atoms with Crippen molar-refractivity contribution in [3.8, 4) is 0 Å². The second-order valence-electron chi connectivity index (χ2n) is 2.96. The van der Waals surface area contributed by atoms with Crippen molar-refractivity contribution in [1.82, 2.24) is 5.32 Å². The summed E-state index contributed by atoms with van der Waals surface area (Å²) < 4.78 is 5.18. The zero-order valence-electron chi connectivity index (χ0n) is 8.32. The number of nitrogens with one attached hydrogen (secondary N) is 1. The average Bonchev–Trinajstić information content (AvgIpc) is 2.25. The third-order valence-electron chi connectivity index (χ3n) is 1.89. The van der Waals surface area contributed by atoms with Gasteiger partial charge in [-0.05, 0) is 12.0 Å². The van der Waals surface area contributed by atoms with E-state index in [0.29, 0.717) is 6.61 Å². The van der Waals surface area contributed by atoms with Gasteiger partial charge >= 0.3 is 0 Å². The van der Waals surface area contributed by atoms with Crippen molar-refractivity contribution in [2.75, 3.05) is 20.3 Å². The van der Waals surface area contributed by atoms with Gasteiger partial charge in [0.05, 0.1) is 6.61 Å². The van der Waals surface area contributed by atoms with Crippen molar-refractivity contribution in [3.05, 3.63) is 35.9 Å². The maximum atomic E-state index is 10.8. The van der Waals surface area contributed by atoms with Gasteiger partial charge in [0.1, 0.15) is 6.61 Å². The van der Waals surface area contributed by atoms with Crippen LogP contribution >= 0.6 is 0 Å². The minimum atomic E-state index is -0.0851. The Morgan fingerprint density at radius 2 is 2.07 bits per heavy atom. The molecule has 0 heterocycles. The number of carbonyl (C=O) groups excluding carboxylic acids is 1. The molecule has 0 bridgehead atoms. The minimum absolute atomic E-state index is 0.0851. The molecular weight excluding hydrogens is 178 g/mol. The number of ether oxygens (including phenoxy) is 1. The number of rotatable bonds is 5. The molecule has 1 amide bonds. The van der Waals surface area contributed by atoms with Gasteiger partial charge in [0.2, 0.25) is 5.91 Å². The van der Waals surface area contributed by atoms with Crippen molar-refractivity contribution in [1.29, 1.82) is 0 Å². The van der Waals surface area contributed by atoms with E-state index < -0.39 is 0 Å². The number of amides is 1. The Balaban J connectivity index is 2.13. The lowest BCUT2D eigenvalue weighted by Crippen LogP contribution is -2.23. The smallest absolute Gasteiger partial charge is 0.245 e. The molecule has 14 heavy (non-hydrogen) atoms. The van der Waals surface area contributed by atoms with Gasteiger partial charge < -0.3 is 10.1 Å². The van der Waals surface area contributed by atoms with Crippen molar-refractivity contribution >= 4 is 5.91 Å². The summed E-state index contributed by atoms with van der Waals surface area (Å²) in [5.74, 6) is -0.0851. The van der Waals surface area contributed by atoms with Gasteiger partial charge in [0.15, 0.2) is 0 Å². The number of benzene rings is 1. The molecule has 0 spiro atoms. The first-order chi connectivity index (χ1) is 6.83. The molecule has 3 heteroatoms. The van der Waals surface area contributed by atoms with E-state index in [1.807, 2.05) is 30.3 Å². The predicted octanol–water partition coefficient (Wildman–Crippen LogP) is 0.992. The van der Waals surface area contributed by atoms with E-state index >= 15 is 0 Å². The Bertz CT molecular complexity index is 272. The summed E-state index contributed by atoms with van der Waals surface area (Å²) in [5, 5.41) is 2.50. The molecule has 1 aromatic rings. The van der Waals surface area contributed by atoms with E-state index in [2.05, 4.69) is 5.32 Å². The van der Waals surface area contributed by atoms with Gasteiger partial charge in [0, 0.05) is 7.05 Å². The molecule has 76 valence electrons. The van der Waals surface area contributed by atoms with Crippen LogP contribution in [0.15, 0.2) is 30.3 Å². The molecule has 0 aliphatic carbocycles. The van der Waals surface area contributed by atoms with Gasteiger partial charge in [-0.1, -0.05) is 30.3 Å². The lowest BCUT2D eigenvalue weighted by molar-refractivity contribution is -0.125. The highest BCUT2D eigenvalue weighted by atomic mass is 16.5. The Kier molecular flexibility index (Phi) is 4.72. The van der Waals surface area contributed by atoms with E-state index in [0.717, 1.165) is 6.42 Å². The van der Waals surface area contributed by atoms with E-state index in [9.17, 15) is 4.79 Å². The lowest BCUT2D eigenvalue weighted by atomic mass is 10.2. The first-order valence-electron chi connectivity index (χ1n) is 4.65. The molecule has 0 unspecified atom stereocenters. The number of carbonyl (C=O) groups is 1. The van der Waals surface area contributed by atoms with Crippen LogP contribution in [0.5, 0.6) is 0 Å². The zero-order valence-corrected chi connectivity index (χ0v) is 8.32. The number of hydrogen-bond donors (Lipinski definition) is 1. The third kappa shape index (κ3) is 4.05. The van der Waals surface area contributed by atoms with Crippen LogP contribution < -0.4 is 5.32 Å². The van der Waals surface area contributed by atoms with Crippen LogP contribution in [0.2, 0.25) is 0 Å². The van der Waals surface area contributed by atoms with E-state index in [4.69, 9.17) is 4.74 Å². The monoisotopic (exact) mass is 193 g/mol. The summed E-state index contributed by atoms with van der Waals surface area (Å²) in [4.78, 5) is 10.8. The molecule has 0 saturated carbocycles. The SMILES string of the molecule is CNC(=O)COCCc1ccccc1. The van der Waals surface area contributed by atoms with Crippen LogP contribution in [-0.2, 0) is 16.0 Å². The number of likely N-dealkylation sites (N-methyl/N-ethyl adjacent to an activating group) is 1. The largest absolute Gasteiger partial charge is 0.371 e. The summed E-state index contributed by atoms with van der Waals surface area (Å²) in [7, 11) is 1.60. The summed E-state index contributed by atoms with van der Waals surface area (Å²) in [6, 6.07) is 10.1. The van der Waals surface area contributed by atoms with Gasteiger partial charge in [0.25, 0.3) is 0 Å². The second-order valence-corrected chi connectivity index (χ2v) is 2.96. The highest BCUT2D eigenvalue weighted by Crippen LogP contribution is 1.99. The van der Waals surface area contributed by atoms with Gasteiger partial charge in [-0.2, -0.15) is 0 Å². The van der Waals surface area contributed by atoms with E-state index in [1.54, 1.807) is 7.05 Å². The van der Waals surface area contributed by atoms with Crippen LogP contribution in [0.25, 0.3) is 0 Å². The van der Waals surface area contributed by atoms with Crippen LogP contribution in [0.3, 0.4) is 0 Å². The van der Waals surface area contributed by atoms with Gasteiger partial charge in [-0.25, -0.2) is 0 Å². The summed E-state index contributed by atoms with van der Waals surface area (Å²) >= 11 is 0. The second kappa shape index (κ2) is 6.16. The first kappa shape index (κ1) is 10.7. The Hall–Kier alpha value is -1.35. The molecule has 1 aromatic carbocycles. The highest BCUT2D eigenvalue weighted by molar-refractivity contribution is 5.76. The maximum absolute atomic E-state index is 10.8. The molecular formula is C11H15NO2. The van der Waals surface area contributed by atoms with Gasteiger partial charge in [-0.3, -0.25) is 4.79 Å². The molecule has 1 rings (SSSR count). The topological polar surface area (TPSA) is 38.3 Å². The van der Waals surface area contributed by atoms with E-state index in [1.165, 1.54) is 5.56 Å². The quantitative estimate of drug-likeness (QED) is 0.708. The molecule has 0 atom stereocenters. The normalized spacial score (nSPS) is 9.79. The zero-order chi connectivity index (χ0) is 10.2. The van der Waals surface area contributed by atoms with Crippen molar-refractivity contribution < 1.29 is 9.53 Å². The molecule has 0 aromatic heterocycles. The maximum Gasteiger partial charge on any atom is 0.245 e. The lowest BCUT2D eigenvalue weighted by Gasteiger charge is -2.03. The van der Waals surface area contributed by atoms with Crippen LogP contribution in [0.4, 0.5) is 0 Å². The Labute approximate surface area is 84.1 Å². The van der Waals surface area contributed by atoms with Crippen molar-refractivity contribution in [3.63, 3.8) is 0 Å². The standard InChI is InChI=1S/C11H15NO2/c1-12-11(13)9-14-8-7-10-5-3-2-4-6-10/h2-6H,7-9H2,1H3,(H,12,13). The fourth-order valence-electron chi connectivity index (χ4n) is 1.07. The van der Waals surface area contributed by atoms with Crippen LogP contribution in [0, 0.1) is 0 Å². The van der Waals surface area contributed by atoms with Gasteiger partial charge in [-0.15, -0.1) is 0 Å². The molecule has 3 nitrogen and oxygen atoms in total. The molecule has 1 N–H and O–H groups in total. The minimum Gasteiger partial charge on any atom is -0.371 e. The third-order valence-corrected chi connectivity index (χ3v) is 1.89. The van der Waals surface area contributed by atoms with E-state index in [-0.39, 0.29) is 12.5 Å². The fraction of sp³-hybridized carbons (Fsp3) is 0.364. The molecule has 0 fully saturated rings. The Morgan fingerprint density at radius 1 is 1.36 bits per heavy atom. The first-order valence-corrected chi connectivity index (χ1v) is 4.65. The summed E-state index contributed by atoms with van der Waals surface area (Å²) in [6.07, 6.45) is 0.845. The van der Waals surface area contributed by atoms with Crippen molar-refractivity contribution in [2.24, 2.45) is 0 Å². The number of hydrogen-bond acceptors (Lipinski definition) is 2. The molecule has 0 radical (unpaired) electrons. The van der Waals surface area contributed by atoms with Crippen LogP contribution in [-0.4, -0.2) is 26.2 Å². The molecule has 0 aliphatic rings. The van der Waals surface area contributed by atoms with Crippen LogP contribution in [0.1, 0.15) is 5.56 Å². The average molecular weight is 193 g/mol. The molecule has 0 saturated heterocycles. The summed E-state index contributed by atoms with van der Waals surface area (Å²) in [6.45, 7) is 0.723.